The molecular formula is C26H33F3O. The van der Waals surface area contributed by atoms with Gasteiger partial charge in [-0.25, -0.2) is 13.2 Å². The first-order chi connectivity index (χ1) is 14.5. The van der Waals surface area contributed by atoms with Crippen molar-refractivity contribution in [2.75, 3.05) is 6.61 Å². The van der Waals surface area contributed by atoms with Crippen molar-refractivity contribution >= 4 is 0 Å². The van der Waals surface area contributed by atoms with Crippen molar-refractivity contribution in [3.8, 4) is 16.9 Å². The summed E-state index contributed by atoms with van der Waals surface area (Å²) in [5, 5.41) is 0. The Morgan fingerprint density at radius 3 is 2.10 bits per heavy atom. The zero-order valence-corrected chi connectivity index (χ0v) is 18.1. The topological polar surface area (TPSA) is 9.23 Å². The molecule has 1 aliphatic rings. The SMILES string of the molecule is CCCC1CCC(CCc2ccc(-c3ccc(OCC)cc3)c(C(F)F)c2F)CC1. The van der Waals surface area contributed by atoms with Gasteiger partial charge < -0.3 is 4.74 Å². The molecular weight excluding hydrogens is 385 g/mol. The molecule has 1 saturated carbocycles. The van der Waals surface area contributed by atoms with E-state index in [-0.39, 0.29) is 5.56 Å². The Labute approximate surface area is 178 Å². The smallest absolute Gasteiger partial charge is 0.267 e. The van der Waals surface area contributed by atoms with Gasteiger partial charge >= 0.3 is 0 Å². The molecule has 2 aromatic carbocycles. The number of rotatable bonds is 9. The predicted octanol–water partition coefficient (Wildman–Crippen LogP) is 8.37. The van der Waals surface area contributed by atoms with Crippen LogP contribution >= 0.6 is 0 Å². The van der Waals surface area contributed by atoms with Gasteiger partial charge in [0.1, 0.15) is 11.6 Å². The number of hydrogen-bond acceptors (Lipinski definition) is 1. The summed E-state index contributed by atoms with van der Waals surface area (Å²) in [6, 6.07) is 10.2. The lowest BCUT2D eigenvalue weighted by atomic mass is 9.78. The normalized spacial score (nSPS) is 19.3. The highest BCUT2D eigenvalue weighted by Gasteiger charge is 2.24. The second kappa shape index (κ2) is 10.9. The largest absolute Gasteiger partial charge is 0.494 e. The van der Waals surface area contributed by atoms with Gasteiger partial charge in [0.25, 0.3) is 6.43 Å². The molecule has 0 aliphatic heterocycles. The minimum Gasteiger partial charge on any atom is -0.494 e. The molecule has 1 aliphatic carbocycles. The van der Waals surface area contributed by atoms with Crippen LogP contribution in [0.5, 0.6) is 5.75 Å². The number of halogens is 3. The molecule has 0 atom stereocenters. The lowest BCUT2D eigenvalue weighted by Gasteiger charge is -2.28. The third-order valence-corrected chi connectivity index (χ3v) is 6.44. The molecule has 0 spiro atoms. The highest BCUT2D eigenvalue weighted by molar-refractivity contribution is 5.69. The summed E-state index contributed by atoms with van der Waals surface area (Å²) in [4.78, 5) is 0. The number of benzene rings is 2. The van der Waals surface area contributed by atoms with Crippen LogP contribution in [0.1, 0.15) is 76.3 Å². The molecule has 0 N–H and O–H groups in total. The zero-order valence-electron chi connectivity index (χ0n) is 18.1. The van der Waals surface area contributed by atoms with Crippen LogP contribution in [-0.2, 0) is 6.42 Å². The summed E-state index contributed by atoms with van der Waals surface area (Å²) in [5.74, 6) is 1.35. The van der Waals surface area contributed by atoms with Crippen LogP contribution in [0, 0.1) is 17.7 Å². The third kappa shape index (κ3) is 5.59. The average Bonchev–Trinajstić information content (AvgIpc) is 2.74. The summed E-state index contributed by atoms with van der Waals surface area (Å²) in [6.07, 6.45) is 5.94. The van der Waals surface area contributed by atoms with Crippen molar-refractivity contribution in [1.29, 1.82) is 0 Å². The van der Waals surface area contributed by atoms with Gasteiger partial charge in [0.15, 0.2) is 0 Å². The van der Waals surface area contributed by atoms with E-state index < -0.39 is 17.8 Å². The molecule has 0 bridgehead atoms. The van der Waals surface area contributed by atoms with E-state index in [1.807, 2.05) is 6.92 Å². The molecule has 1 fully saturated rings. The number of hydrogen-bond donors (Lipinski definition) is 0. The molecule has 0 amide bonds. The van der Waals surface area contributed by atoms with Crippen molar-refractivity contribution in [3.63, 3.8) is 0 Å². The van der Waals surface area contributed by atoms with Crippen LogP contribution in [0.4, 0.5) is 13.2 Å². The van der Waals surface area contributed by atoms with Gasteiger partial charge in [-0.3, -0.25) is 0 Å². The fraction of sp³-hybridized carbons (Fsp3) is 0.538. The average molecular weight is 419 g/mol. The molecule has 1 nitrogen and oxygen atoms in total. The summed E-state index contributed by atoms with van der Waals surface area (Å²) < 4.78 is 48.1. The minimum atomic E-state index is -2.85. The van der Waals surface area contributed by atoms with Crippen LogP contribution in [0.25, 0.3) is 11.1 Å². The van der Waals surface area contributed by atoms with Gasteiger partial charge in [-0.1, -0.05) is 69.7 Å². The second-order valence-electron chi connectivity index (χ2n) is 8.47. The fourth-order valence-electron chi connectivity index (χ4n) is 4.77. The maximum absolute atomic E-state index is 15.1. The minimum absolute atomic E-state index is 0.259. The molecule has 0 saturated heterocycles. The first kappa shape index (κ1) is 22.7. The predicted molar refractivity (Wildman–Crippen MR) is 117 cm³/mol. The first-order valence-electron chi connectivity index (χ1n) is 11.4. The van der Waals surface area contributed by atoms with Gasteiger partial charge in [-0.2, -0.15) is 0 Å². The number of ether oxygens (including phenoxy) is 1. The van der Waals surface area contributed by atoms with Gasteiger partial charge in [-0.15, -0.1) is 0 Å². The maximum Gasteiger partial charge on any atom is 0.267 e. The summed E-state index contributed by atoms with van der Waals surface area (Å²) >= 11 is 0. The summed E-state index contributed by atoms with van der Waals surface area (Å²) in [7, 11) is 0. The molecule has 2 aromatic rings. The second-order valence-corrected chi connectivity index (χ2v) is 8.47. The zero-order chi connectivity index (χ0) is 21.5. The van der Waals surface area contributed by atoms with Crippen LogP contribution < -0.4 is 4.74 Å². The summed E-state index contributed by atoms with van der Waals surface area (Å²) in [5.41, 5.74) is 0.766. The van der Waals surface area contributed by atoms with Gasteiger partial charge in [0, 0.05) is 0 Å². The van der Waals surface area contributed by atoms with Crippen molar-refractivity contribution in [1.82, 2.24) is 0 Å². The highest BCUT2D eigenvalue weighted by Crippen LogP contribution is 2.37. The van der Waals surface area contributed by atoms with E-state index in [4.69, 9.17) is 4.74 Å². The van der Waals surface area contributed by atoms with Gasteiger partial charge in [0.2, 0.25) is 0 Å². The fourth-order valence-corrected chi connectivity index (χ4v) is 4.77. The van der Waals surface area contributed by atoms with Crippen LogP contribution in [-0.4, -0.2) is 6.61 Å². The molecule has 4 heteroatoms. The van der Waals surface area contributed by atoms with Crippen LogP contribution in [0.2, 0.25) is 0 Å². The van der Waals surface area contributed by atoms with E-state index in [1.54, 1.807) is 36.4 Å². The molecule has 0 aromatic heterocycles. The Morgan fingerprint density at radius 2 is 1.53 bits per heavy atom. The molecule has 0 radical (unpaired) electrons. The van der Waals surface area contributed by atoms with Crippen LogP contribution in [0.3, 0.4) is 0 Å². The van der Waals surface area contributed by atoms with Gasteiger partial charge in [0.05, 0.1) is 12.2 Å². The van der Waals surface area contributed by atoms with Crippen molar-refractivity contribution in [2.45, 2.75) is 71.6 Å². The monoisotopic (exact) mass is 418 g/mol. The van der Waals surface area contributed by atoms with E-state index in [0.717, 1.165) is 12.3 Å². The van der Waals surface area contributed by atoms with E-state index in [9.17, 15) is 8.78 Å². The molecule has 0 unspecified atom stereocenters. The van der Waals surface area contributed by atoms with Crippen LogP contribution in [0.15, 0.2) is 36.4 Å². The number of alkyl halides is 2. The molecule has 30 heavy (non-hydrogen) atoms. The molecule has 164 valence electrons. The standard InChI is InChI=1S/C26H33F3O/c1-3-5-18-6-8-19(9-7-18)10-11-21-14-17-23(24(25(21)27)26(28)29)20-12-15-22(16-13-20)30-4-2/h12-19,26H,3-11H2,1-2H3. The van der Waals surface area contributed by atoms with E-state index >= 15 is 4.39 Å². The Bertz CT molecular complexity index is 793. The Morgan fingerprint density at radius 1 is 0.900 bits per heavy atom. The molecule has 3 rings (SSSR count). The van der Waals surface area contributed by atoms with Gasteiger partial charge in [-0.05, 0) is 60.4 Å². The first-order valence-corrected chi connectivity index (χ1v) is 11.4. The lowest BCUT2D eigenvalue weighted by molar-refractivity contribution is 0.146. The van der Waals surface area contributed by atoms with E-state index in [2.05, 4.69) is 6.92 Å². The third-order valence-electron chi connectivity index (χ3n) is 6.44. The quantitative estimate of drug-likeness (QED) is 0.397. The summed E-state index contributed by atoms with van der Waals surface area (Å²) in [6.45, 7) is 4.64. The lowest BCUT2D eigenvalue weighted by Crippen LogP contribution is -2.15. The molecule has 0 heterocycles. The highest BCUT2D eigenvalue weighted by atomic mass is 19.3. The van der Waals surface area contributed by atoms with Crippen molar-refractivity contribution in [3.05, 3.63) is 53.3 Å². The van der Waals surface area contributed by atoms with Crippen molar-refractivity contribution in [2.24, 2.45) is 11.8 Å². The van der Waals surface area contributed by atoms with E-state index in [0.29, 0.717) is 35.8 Å². The Balaban J connectivity index is 1.72. The van der Waals surface area contributed by atoms with E-state index in [1.165, 1.54) is 38.5 Å². The maximum atomic E-state index is 15.1. The van der Waals surface area contributed by atoms with Crippen molar-refractivity contribution < 1.29 is 17.9 Å². The number of aryl methyl sites for hydroxylation is 1. The Hall–Kier alpha value is -1.97. The Kier molecular flexibility index (Phi) is 8.24.